The largest absolute Gasteiger partial charge is 0.243 e. The third-order valence-corrected chi connectivity index (χ3v) is 8.15. The molecule has 0 radical (unpaired) electrons. The van der Waals surface area contributed by atoms with Gasteiger partial charge in [0, 0.05) is 26.2 Å². The molecule has 0 amide bonds. The van der Waals surface area contributed by atoms with Crippen molar-refractivity contribution in [3.63, 3.8) is 0 Å². The lowest BCUT2D eigenvalue weighted by Crippen LogP contribution is -2.50. The summed E-state index contributed by atoms with van der Waals surface area (Å²) >= 11 is 0. The van der Waals surface area contributed by atoms with E-state index in [9.17, 15) is 21.2 Å². The Bertz CT molecular complexity index is 1000. The van der Waals surface area contributed by atoms with Crippen LogP contribution in [0.3, 0.4) is 0 Å². The van der Waals surface area contributed by atoms with Crippen molar-refractivity contribution in [3.8, 4) is 0 Å². The SMILES string of the molecule is Cc1cc(S(=O)(=O)N2CCN(S(=O)(=O)c3ccccc3)CC2)ccc1F. The second-order valence-electron chi connectivity index (χ2n) is 6.03. The minimum atomic E-state index is -3.79. The van der Waals surface area contributed by atoms with E-state index < -0.39 is 25.9 Å². The maximum atomic E-state index is 13.4. The van der Waals surface area contributed by atoms with Crippen LogP contribution < -0.4 is 0 Å². The molecule has 0 N–H and O–H groups in total. The zero-order chi connectivity index (χ0) is 18.9. The number of piperazine rings is 1. The van der Waals surface area contributed by atoms with Crippen molar-refractivity contribution in [1.82, 2.24) is 8.61 Å². The van der Waals surface area contributed by atoms with E-state index in [1.807, 2.05) is 0 Å². The molecule has 1 fully saturated rings. The van der Waals surface area contributed by atoms with Crippen molar-refractivity contribution in [2.24, 2.45) is 0 Å². The molecule has 140 valence electrons. The van der Waals surface area contributed by atoms with E-state index in [1.165, 1.54) is 39.8 Å². The maximum Gasteiger partial charge on any atom is 0.243 e. The fraction of sp³-hybridized carbons (Fsp3) is 0.294. The third-order valence-electron chi connectivity index (χ3n) is 4.35. The first kappa shape index (κ1) is 19.0. The number of halogens is 1. The van der Waals surface area contributed by atoms with Gasteiger partial charge in [-0.3, -0.25) is 0 Å². The Morgan fingerprint density at radius 1 is 0.769 bits per heavy atom. The summed E-state index contributed by atoms with van der Waals surface area (Å²) in [6.07, 6.45) is 0. The molecular formula is C17H19FN2O4S2. The Morgan fingerprint density at radius 2 is 1.27 bits per heavy atom. The predicted molar refractivity (Wildman–Crippen MR) is 95.1 cm³/mol. The first-order valence-corrected chi connectivity index (χ1v) is 10.9. The highest BCUT2D eigenvalue weighted by Gasteiger charge is 2.33. The molecule has 0 spiro atoms. The highest BCUT2D eigenvalue weighted by atomic mass is 32.2. The second kappa shape index (κ2) is 7.07. The lowest BCUT2D eigenvalue weighted by atomic mass is 10.2. The number of nitrogens with zero attached hydrogens (tertiary/aromatic N) is 2. The van der Waals surface area contributed by atoms with Gasteiger partial charge in [0.2, 0.25) is 20.0 Å². The fourth-order valence-corrected chi connectivity index (χ4v) is 5.77. The highest BCUT2D eigenvalue weighted by Crippen LogP contribution is 2.22. The Morgan fingerprint density at radius 3 is 1.77 bits per heavy atom. The number of aryl methyl sites for hydroxylation is 1. The van der Waals surface area contributed by atoms with Gasteiger partial charge in [0.05, 0.1) is 9.79 Å². The molecule has 3 rings (SSSR count). The van der Waals surface area contributed by atoms with Gasteiger partial charge < -0.3 is 0 Å². The number of rotatable bonds is 4. The molecule has 1 aliphatic rings. The molecule has 0 aliphatic carbocycles. The molecular weight excluding hydrogens is 379 g/mol. The molecule has 0 saturated carbocycles. The topological polar surface area (TPSA) is 74.8 Å². The van der Waals surface area contributed by atoms with Crippen LogP contribution in [0.15, 0.2) is 58.3 Å². The molecule has 2 aromatic rings. The molecule has 0 unspecified atom stereocenters. The van der Waals surface area contributed by atoms with E-state index in [4.69, 9.17) is 0 Å². The first-order valence-electron chi connectivity index (χ1n) is 8.04. The van der Waals surface area contributed by atoms with Crippen molar-refractivity contribution >= 4 is 20.0 Å². The normalized spacial score (nSPS) is 17.3. The average molecular weight is 398 g/mol. The highest BCUT2D eigenvalue weighted by molar-refractivity contribution is 7.89. The summed E-state index contributed by atoms with van der Waals surface area (Å²) in [7, 11) is -7.44. The van der Waals surface area contributed by atoms with Gasteiger partial charge in [0.1, 0.15) is 5.82 Å². The Labute approximate surface area is 153 Å². The molecule has 1 aliphatic heterocycles. The van der Waals surface area contributed by atoms with Crippen LogP contribution in [-0.2, 0) is 20.0 Å². The second-order valence-corrected chi connectivity index (χ2v) is 9.91. The summed E-state index contributed by atoms with van der Waals surface area (Å²) in [5.74, 6) is -0.470. The lowest BCUT2D eigenvalue weighted by molar-refractivity contribution is 0.273. The number of sulfonamides is 2. The maximum absolute atomic E-state index is 13.4. The predicted octanol–water partition coefficient (Wildman–Crippen LogP) is 1.83. The summed E-state index contributed by atoms with van der Waals surface area (Å²) < 4.78 is 66.6. The Balaban J connectivity index is 1.77. The number of hydrogen-bond acceptors (Lipinski definition) is 4. The van der Waals surface area contributed by atoms with E-state index in [1.54, 1.807) is 18.2 Å². The van der Waals surface area contributed by atoms with Crippen LogP contribution in [0.5, 0.6) is 0 Å². The van der Waals surface area contributed by atoms with E-state index in [-0.39, 0.29) is 41.5 Å². The number of hydrogen-bond donors (Lipinski definition) is 0. The van der Waals surface area contributed by atoms with Gasteiger partial charge >= 0.3 is 0 Å². The summed E-state index contributed by atoms with van der Waals surface area (Å²) in [5.41, 5.74) is 0.247. The van der Waals surface area contributed by atoms with Crippen LogP contribution in [0.1, 0.15) is 5.56 Å². The lowest BCUT2D eigenvalue weighted by Gasteiger charge is -2.33. The zero-order valence-electron chi connectivity index (χ0n) is 14.2. The van der Waals surface area contributed by atoms with Crippen LogP contribution in [-0.4, -0.2) is 51.6 Å². The van der Waals surface area contributed by atoms with Gasteiger partial charge in [-0.15, -0.1) is 0 Å². The van der Waals surface area contributed by atoms with Crippen LogP contribution in [0, 0.1) is 12.7 Å². The molecule has 1 saturated heterocycles. The summed E-state index contributed by atoms with van der Waals surface area (Å²) in [5, 5.41) is 0. The van der Waals surface area contributed by atoms with Gasteiger partial charge in [0.25, 0.3) is 0 Å². The number of benzene rings is 2. The Kier molecular flexibility index (Phi) is 5.16. The minimum Gasteiger partial charge on any atom is -0.207 e. The van der Waals surface area contributed by atoms with Crippen molar-refractivity contribution in [3.05, 3.63) is 59.9 Å². The van der Waals surface area contributed by atoms with Crippen molar-refractivity contribution < 1.29 is 21.2 Å². The summed E-state index contributed by atoms with van der Waals surface area (Å²) in [6, 6.07) is 11.7. The molecule has 0 aromatic heterocycles. The van der Waals surface area contributed by atoms with E-state index in [0.29, 0.717) is 0 Å². The van der Waals surface area contributed by atoms with Crippen LogP contribution in [0.25, 0.3) is 0 Å². The average Bonchev–Trinajstić information content (AvgIpc) is 2.64. The summed E-state index contributed by atoms with van der Waals surface area (Å²) in [4.78, 5) is 0.196. The van der Waals surface area contributed by atoms with Gasteiger partial charge in [-0.05, 0) is 42.8 Å². The molecule has 1 heterocycles. The van der Waals surface area contributed by atoms with Crippen molar-refractivity contribution in [2.45, 2.75) is 16.7 Å². The van der Waals surface area contributed by atoms with Crippen molar-refractivity contribution in [2.75, 3.05) is 26.2 Å². The van der Waals surface area contributed by atoms with Crippen LogP contribution >= 0.6 is 0 Å². The van der Waals surface area contributed by atoms with Gasteiger partial charge in [-0.25, -0.2) is 21.2 Å². The van der Waals surface area contributed by atoms with E-state index >= 15 is 0 Å². The van der Waals surface area contributed by atoms with Crippen LogP contribution in [0.2, 0.25) is 0 Å². The molecule has 0 atom stereocenters. The van der Waals surface area contributed by atoms with Gasteiger partial charge in [0.15, 0.2) is 0 Å². The van der Waals surface area contributed by atoms with Crippen molar-refractivity contribution in [1.29, 1.82) is 0 Å². The van der Waals surface area contributed by atoms with E-state index in [0.717, 1.165) is 6.07 Å². The molecule has 2 aromatic carbocycles. The van der Waals surface area contributed by atoms with Gasteiger partial charge in [-0.1, -0.05) is 18.2 Å². The molecule has 9 heteroatoms. The fourth-order valence-electron chi connectivity index (χ4n) is 2.82. The third kappa shape index (κ3) is 3.52. The van der Waals surface area contributed by atoms with E-state index in [2.05, 4.69) is 0 Å². The molecule has 6 nitrogen and oxygen atoms in total. The van der Waals surface area contributed by atoms with Crippen LogP contribution in [0.4, 0.5) is 4.39 Å². The summed E-state index contributed by atoms with van der Waals surface area (Å²) in [6.45, 7) is 1.72. The first-order chi connectivity index (χ1) is 12.2. The zero-order valence-corrected chi connectivity index (χ0v) is 15.8. The standard InChI is InChI=1S/C17H19FN2O4S2/c1-14-13-16(7-8-17(14)18)26(23,24)20-11-9-19(10-12-20)25(21,22)15-5-3-2-4-6-15/h2-8,13H,9-12H2,1H3. The Hall–Kier alpha value is -1.81. The molecule has 0 bridgehead atoms. The molecule has 26 heavy (non-hydrogen) atoms. The monoisotopic (exact) mass is 398 g/mol. The quantitative estimate of drug-likeness (QED) is 0.788. The smallest absolute Gasteiger partial charge is 0.207 e. The van der Waals surface area contributed by atoms with Gasteiger partial charge in [-0.2, -0.15) is 8.61 Å². The minimum absolute atomic E-state index is 0.00997.